The maximum Gasteiger partial charge on any atom is 0.311 e. The molecule has 0 aliphatic carbocycles. The van der Waals surface area contributed by atoms with E-state index >= 15 is 0 Å². The molecule has 0 aromatic carbocycles. The number of likely N-dealkylation sites (N-methyl/N-ethyl adjacent to an activating group) is 1. The van der Waals surface area contributed by atoms with Gasteiger partial charge < -0.3 is 64.2 Å². The van der Waals surface area contributed by atoms with Gasteiger partial charge in [-0.3, -0.25) is 9.59 Å². The first-order valence-corrected chi connectivity index (χ1v) is 20.2. The zero-order valence-corrected chi connectivity index (χ0v) is 35.6. The fraction of sp³-hybridized carbons (Fsp3) is 0.950. The number of esters is 1. The van der Waals surface area contributed by atoms with E-state index < -0.39 is 102 Å². The average molecular weight is 791 g/mol. The van der Waals surface area contributed by atoms with Crippen LogP contribution in [0.1, 0.15) is 101 Å². The van der Waals surface area contributed by atoms with E-state index in [4.69, 9.17) is 38.9 Å². The quantitative estimate of drug-likeness (QED) is 0.190. The zero-order chi connectivity index (χ0) is 41.8. The molecule has 15 nitrogen and oxygen atoms in total. The summed E-state index contributed by atoms with van der Waals surface area (Å²) in [4.78, 5) is 30.4. The molecule has 0 aromatic rings. The molecule has 3 rings (SSSR count). The van der Waals surface area contributed by atoms with Crippen molar-refractivity contribution in [2.24, 2.45) is 29.4 Å². The molecule has 0 bridgehead atoms. The molecule has 0 radical (unpaired) electrons. The number of cyclic esters (lactones) is 1. The number of Topliss-reactive ketones (excluding diaryl/α,β-unsaturated/α-hetero) is 1. The second-order valence-electron chi connectivity index (χ2n) is 17.3. The summed E-state index contributed by atoms with van der Waals surface area (Å²) in [7, 11) is 4.94. The average Bonchev–Trinajstić information content (AvgIpc) is 3.14. The van der Waals surface area contributed by atoms with Crippen LogP contribution in [0.25, 0.3) is 0 Å². The minimum absolute atomic E-state index is 0.0996. The third-order valence-electron chi connectivity index (χ3n) is 12.9. The number of hydrogen-bond acceptors (Lipinski definition) is 15. The number of carbonyl (C=O) groups is 2. The predicted octanol–water partition coefficient (Wildman–Crippen LogP) is 2.16. The topological polar surface area (TPSA) is 209 Å². The normalized spacial score (nSPS) is 47.0. The van der Waals surface area contributed by atoms with Gasteiger partial charge in [0.15, 0.2) is 12.6 Å². The Balaban J connectivity index is 2.21. The third-order valence-corrected chi connectivity index (χ3v) is 12.9. The molecule has 0 spiro atoms. The molecular formula is C40H74N2O13. The Morgan fingerprint density at radius 3 is 2.07 bits per heavy atom. The minimum atomic E-state index is -1.97. The first-order valence-electron chi connectivity index (χ1n) is 20.2. The van der Waals surface area contributed by atoms with Crippen molar-refractivity contribution in [1.82, 2.24) is 4.90 Å². The van der Waals surface area contributed by atoms with E-state index in [9.17, 15) is 30.0 Å². The van der Waals surface area contributed by atoms with Gasteiger partial charge in [0.2, 0.25) is 0 Å². The van der Waals surface area contributed by atoms with Gasteiger partial charge in [-0.15, -0.1) is 0 Å². The summed E-state index contributed by atoms with van der Waals surface area (Å²) in [6.07, 6.45) is -8.21. The third kappa shape index (κ3) is 10.6. The molecule has 322 valence electrons. The lowest BCUT2D eigenvalue weighted by molar-refractivity contribution is -0.319. The van der Waals surface area contributed by atoms with Crippen LogP contribution in [0.15, 0.2) is 0 Å². The predicted molar refractivity (Wildman–Crippen MR) is 204 cm³/mol. The first kappa shape index (κ1) is 48.0. The number of ketones is 1. The Morgan fingerprint density at radius 1 is 0.891 bits per heavy atom. The summed E-state index contributed by atoms with van der Waals surface area (Å²) >= 11 is 0. The Morgan fingerprint density at radius 2 is 1.51 bits per heavy atom. The van der Waals surface area contributed by atoms with Crippen LogP contribution in [-0.2, 0) is 42.7 Å². The number of carbonyl (C=O) groups excluding carboxylic acids is 2. The summed E-state index contributed by atoms with van der Waals surface area (Å²) in [5.74, 6) is -4.54. The van der Waals surface area contributed by atoms with Crippen LogP contribution in [0.2, 0.25) is 0 Å². The number of aliphatic hydroxyl groups is 4. The highest BCUT2D eigenvalue weighted by Gasteiger charge is 2.54. The van der Waals surface area contributed by atoms with E-state index in [1.54, 1.807) is 48.5 Å². The fourth-order valence-electron chi connectivity index (χ4n) is 9.02. The Labute approximate surface area is 328 Å². The number of methoxy groups -OCH3 is 2. The number of ether oxygens (including phenoxy) is 7. The standard InChI is InChI=1S/C40H74N2O13/c1-14-28-40(10,48)33(45)23(4)30(43)21(2)19-39(9,50-13)35(55-37-31(44)27(18-22(3)51-37)42(11)17-15-16-41)24(5)32(25(6)36(47)53-28)54-29-20-38(8,49-12)34(46)26(7)52-29/h21-29,31-35,37,44-46,48H,14-20,41H2,1-13H3/t21-,22-,23+,24+,25-,26+,27+,28-,29+,31-,32+,33-,34+,35-,37+,38-,39-,40-/m1/s1. The molecule has 3 aliphatic rings. The van der Waals surface area contributed by atoms with Crippen molar-refractivity contribution in [3.63, 3.8) is 0 Å². The summed E-state index contributed by atoms with van der Waals surface area (Å²) in [5.41, 5.74) is 1.51. The second kappa shape index (κ2) is 19.6. The van der Waals surface area contributed by atoms with Gasteiger partial charge in [-0.2, -0.15) is 0 Å². The van der Waals surface area contributed by atoms with Crippen molar-refractivity contribution in [3.8, 4) is 0 Å². The van der Waals surface area contributed by atoms with Crippen molar-refractivity contribution < 1.29 is 63.2 Å². The van der Waals surface area contributed by atoms with Gasteiger partial charge in [0, 0.05) is 44.4 Å². The Kier molecular flexibility index (Phi) is 17.1. The van der Waals surface area contributed by atoms with Crippen molar-refractivity contribution >= 4 is 11.8 Å². The molecule has 6 N–H and O–H groups in total. The van der Waals surface area contributed by atoms with Gasteiger partial charge in [0.25, 0.3) is 0 Å². The van der Waals surface area contributed by atoms with Gasteiger partial charge in [-0.25, -0.2) is 0 Å². The van der Waals surface area contributed by atoms with Crippen molar-refractivity contribution in [2.75, 3.05) is 34.4 Å². The molecule has 0 aromatic heterocycles. The van der Waals surface area contributed by atoms with E-state index in [1.807, 2.05) is 20.9 Å². The van der Waals surface area contributed by atoms with Gasteiger partial charge in [-0.1, -0.05) is 27.7 Å². The second-order valence-corrected chi connectivity index (χ2v) is 17.3. The van der Waals surface area contributed by atoms with Crippen LogP contribution < -0.4 is 5.73 Å². The molecule has 55 heavy (non-hydrogen) atoms. The summed E-state index contributed by atoms with van der Waals surface area (Å²) in [6.45, 7) is 18.2. The number of rotatable bonds is 11. The molecule has 18 atom stereocenters. The molecular weight excluding hydrogens is 716 g/mol. The van der Waals surface area contributed by atoms with Crippen LogP contribution in [0.4, 0.5) is 0 Å². The van der Waals surface area contributed by atoms with Gasteiger partial charge in [-0.05, 0) is 87.4 Å². The van der Waals surface area contributed by atoms with Crippen LogP contribution in [0, 0.1) is 23.7 Å². The van der Waals surface area contributed by atoms with Crippen LogP contribution in [0.3, 0.4) is 0 Å². The highest BCUT2D eigenvalue weighted by atomic mass is 16.7. The molecule has 0 saturated carbocycles. The lowest BCUT2D eigenvalue weighted by Crippen LogP contribution is -2.61. The molecule has 15 heteroatoms. The summed E-state index contributed by atoms with van der Waals surface area (Å²) < 4.78 is 44.2. The van der Waals surface area contributed by atoms with E-state index in [2.05, 4.69) is 4.90 Å². The zero-order valence-electron chi connectivity index (χ0n) is 35.6. The van der Waals surface area contributed by atoms with E-state index in [0.29, 0.717) is 19.5 Å². The Bertz CT molecular complexity index is 1240. The molecule has 0 amide bonds. The lowest BCUT2D eigenvalue weighted by atomic mass is 9.74. The Hall–Kier alpha value is -1.34. The smallest absolute Gasteiger partial charge is 0.311 e. The molecule has 3 fully saturated rings. The van der Waals surface area contributed by atoms with E-state index in [1.165, 1.54) is 21.1 Å². The lowest BCUT2D eigenvalue weighted by Gasteiger charge is -2.50. The van der Waals surface area contributed by atoms with Crippen LogP contribution in [-0.4, -0.2) is 156 Å². The number of nitrogens with two attached hydrogens (primary N) is 1. The van der Waals surface area contributed by atoms with E-state index in [-0.39, 0.29) is 37.2 Å². The van der Waals surface area contributed by atoms with Crippen molar-refractivity contribution in [2.45, 2.75) is 186 Å². The van der Waals surface area contributed by atoms with Gasteiger partial charge in [0.05, 0.1) is 47.6 Å². The van der Waals surface area contributed by atoms with Crippen molar-refractivity contribution in [3.05, 3.63) is 0 Å². The van der Waals surface area contributed by atoms with Crippen LogP contribution >= 0.6 is 0 Å². The van der Waals surface area contributed by atoms with Gasteiger partial charge in [0.1, 0.15) is 29.7 Å². The van der Waals surface area contributed by atoms with Crippen molar-refractivity contribution in [1.29, 1.82) is 0 Å². The maximum atomic E-state index is 14.3. The highest BCUT2D eigenvalue weighted by molar-refractivity contribution is 5.83. The molecule has 3 saturated heterocycles. The largest absolute Gasteiger partial charge is 0.459 e. The highest BCUT2D eigenvalue weighted by Crippen LogP contribution is 2.42. The maximum absolute atomic E-state index is 14.3. The van der Waals surface area contributed by atoms with E-state index in [0.717, 1.165) is 6.42 Å². The SMILES string of the molecule is CC[C@H]1OC(=O)[C@H](C)[C@@H](O[C@H]2C[C@@](C)(OC)[C@@H](O)[C@H](C)O2)[C@H](C)[C@@H](O[C@@H]2O[C@H](C)C[C@H](N(C)CCCN)[C@H]2O)[C@](C)(OC)C[C@@H](C)C(=O)[C@H](C)[C@@H](O)[C@]1(C)O. The van der Waals surface area contributed by atoms with Crippen LogP contribution in [0.5, 0.6) is 0 Å². The number of aliphatic hydroxyl groups excluding tert-OH is 3. The molecule has 0 unspecified atom stereocenters. The molecule has 3 heterocycles. The number of hydrogen-bond donors (Lipinski definition) is 5. The fourth-order valence-corrected chi connectivity index (χ4v) is 9.02. The number of nitrogens with zero attached hydrogens (tertiary/aromatic N) is 1. The first-order chi connectivity index (χ1) is 25.5. The monoisotopic (exact) mass is 791 g/mol. The minimum Gasteiger partial charge on any atom is -0.459 e. The summed E-state index contributed by atoms with van der Waals surface area (Å²) in [6, 6.07) is -0.319. The molecule has 3 aliphatic heterocycles. The van der Waals surface area contributed by atoms with Gasteiger partial charge >= 0.3 is 5.97 Å². The summed E-state index contributed by atoms with van der Waals surface area (Å²) in [5, 5.41) is 46.0.